The number of benzene rings is 2. The Kier molecular flexibility index (Phi) is 7.55. The van der Waals surface area contributed by atoms with Crippen molar-refractivity contribution in [3.05, 3.63) is 77.9 Å². The van der Waals surface area contributed by atoms with Crippen molar-refractivity contribution >= 4 is 15.7 Å². The minimum atomic E-state index is -4.53. The van der Waals surface area contributed by atoms with Crippen LogP contribution >= 0.6 is 0 Å². The van der Waals surface area contributed by atoms with Crippen LogP contribution in [-0.2, 0) is 36.3 Å². The summed E-state index contributed by atoms with van der Waals surface area (Å²) in [7, 11) is -2.09. The molecule has 0 saturated heterocycles. The van der Waals surface area contributed by atoms with Crippen LogP contribution in [0.15, 0.2) is 66.0 Å². The molecule has 1 aliphatic heterocycles. The summed E-state index contributed by atoms with van der Waals surface area (Å²) in [5.41, 5.74) is 2.00. The molecule has 0 radical (unpaired) electrons. The normalized spacial score (nSPS) is 19.5. The Morgan fingerprint density at radius 3 is 2.37 bits per heavy atom. The number of aryl methyl sites for hydroxylation is 1. The van der Waals surface area contributed by atoms with Crippen LogP contribution in [0, 0.1) is 5.92 Å². The van der Waals surface area contributed by atoms with Crippen molar-refractivity contribution in [1.29, 1.82) is 0 Å². The topological polar surface area (TPSA) is 58.4 Å². The second-order valence-electron chi connectivity index (χ2n) is 10.5. The highest BCUT2D eigenvalue weighted by molar-refractivity contribution is 7.89. The molecule has 3 aromatic rings. The van der Waals surface area contributed by atoms with E-state index >= 15 is 0 Å². The van der Waals surface area contributed by atoms with Gasteiger partial charge in [0.2, 0.25) is 10.0 Å². The predicted octanol–water partition coefficient (Wildman–Crippen LogP) is 5.99. The molecule has 1 fully saturated rings. The van der Waals surface area contributed by atoms with E-state index in [2.05, 4.69) is 9.88 Å². The Bertz CT molecular complexity index is 1350. The van der Waals surface area contributed by atoms with Crippen molar-refractivity contribution in [3.63, 3.8) is 0 Å². The fourth-order valence-electron chi connectivity index (χ4n) is 5.76. The zero-order chi connectivity index (χ0) is 26.9. The molecule has 204 valence electrons. The van der Waals surface area contributed by atoms with Gasteiger partial charge < -0.3 is 9.47 Å². The number of halogens is 3. The van der Waals surface area contributed by atoms with E-state index in [0.717, 1.165) is 54.1 Å². The highest BCUT2D eigenvalue weighted by Crippen LogP contribution is 2.36. The largest absolute Gasteiger partial charge is 0.416 e. The molecule has 6 nitrogen and oxygen atoms in total. The summed E-state index contributed by atoms with van der Waals surface area (Å²) in [6, 6.07) is 11.5. The van der Waals surface area contributed by atoms with Crippen LogP contribution < -0.4 is 4.90 Å². The summed E-state index contributed by atoms with van der Waals surface area (Å²) >= 11 is 0. The molecule has 2 aromatic carbocycles. The number of hydrogen-bond donors (Lipinski definition) is 0. The van der Waals surface area contributed by atoms with Gasteiger partial charge in [-0.25, -0.2) is 13.4 Å². The Hall–Kier alpha value is -2.85. The summed E-state index contributed by atoms with van der Waals surface area (Å²) in [6.45, 7) is 0.987. The quantitative estimate of drug-likeness (QED) is 0.365. The fourth-order valence-corrected chi connectivity index (χ4v) is 7.21. The molecule has 0 bridgehead atoms. The maximum absolute atomic E-state index is 13.8. The number of fused-ring (bicyclic) bond motifs is 1. The van der Waals surface area contributed by atoms with E-state index in [4.69, 9.17) is 0 Å². The lowest BCUT2D eigenvalue weighted by molar-refractivity contribution is -0.137. The first kappa shape index (κ1) is 26.7. The van der Waals surface area contributed by atoms with E-state index in [1.165, 1.54) is 30.0 Å². The lowest BCUT2D eigenvalue weighted by atomic mass is 9.97. The standard InChI is InChI=1S/C28H33F3N4O2S/c1-33-20-32-16-25(33)19-35-24(13-10-21-6-2-3-7-21)18-34(17-22-8-4-5-9-27(22)35)38(36,37)26-14-11-23(12-15-26)28(29,30)31/h4-5,8-9,11-12,14-16,20-21,24H,2-3,6-7,10,13,17-19H2,1H3/t24-/m1/s1. The van der Waals surface area contributed by atoms with Crippen molar-refractivity contribution in [2.75, 3.05) is 11.4 Å². The number of anilines is 1. The maximum Gasteiger partial charge on any atom is 0.416 e. The molecule has 0 unspecified atom stereocenters. The molecular weight excluding hydrogens is 513 g/mol. The van der Waals surface area contributed by atoms with Gasteiger partial charge >= 0.3 is 6.18 Å². The Balaban J connectivity index is 1.50. The van der Waals surface area contributed by atoms with Crippen LogP contribution in [0.3, 0.4) is 0 Å². The van der Waals surface area contributed by atoms with E-state index in [1.807, 2.05) is 42.1 Å². The molecule has 5 rings (SSSR count). The number of nitrogens with zero attached hydrogens (tertiary/aromatic N) is 4. The second kappa shape index (κ2) is 10.7. The van der Waals surface area contributed by atoms with Crippen molar-refractivity contribution in [2.24, 2.45) is 13.0 Å². The number of para-hydroxylation sites is 1. The van der Waals surface area contributed by atoms with Crippen molar-refractivity contribution in [2.45, 2.75) is 68.7 Å². The van der Waals surface area contributed by atoms with Gasteiger partial charge in [-0.1, -0.05) is 43.9 Å². The highest BCUT2D eigenvalue weighted by Gasteiger charge is 2.36. The van der Waals surface area contributed by atoms with Gasteiger partial charge in [0.05, 0.1) is 29.0 Å². The average Bonchev–Trinajstić information content (AvgIpc) is 3.52. The molecule has 1 aromatic heterocycles. The molecule has 1 saturated carbocycles. The van der Waals surface area contributed by atoms with Gasteiger partial charge in [-0.15, -0.1) is 0 Å². The van der Waals surface area contributed by atoms with Crippen LogP contribution in [-0.4, -0.2) is 34.9 Å². The lowest BCUT2D eigenvalue weighted by Gasteiger charge is -2.35. The third-order valence-electron chi connectivity index (χ3n) is 7.95. The van der Waals surface area contributed by atoms with Crippen molar-refractivity contribution in [1.82, 2.24) is 13.9 Å². The number of alkyl halides is 3. The van der Waals surface area contributed by atoms with Crippen molar-refractivity contribution < 1.29 is 21.6 Å². The first-order chi connectivity index (χ1) is 18.1. The number of aromatic nitrogens is 2. The molecule has 1 aliphatic carbocycles. The van der Waals surface area contributed by atoms with Gasteiger partial charge in [0.25, 0.3) is 0 Å². The predicted molar refractivity (Wildman–Crippen MR) is 140 cm³/mol. The third-order valence-corrected chi connectivity index (χ3v) is 9.78. The third kappa shape index (κ3) is 5.61. The van der Waals surface area contributed by atoms with Crippen molar-refractivity contribution in [3.8, 4) is 0 Å². The van der Waals surface area contributed by atoms with Gasteiger partial charge in [0.15, 0.2) is 0 Å². The molecule has 0 spiro atoms. The Labute approximate surface area is 222 Å². The van der Waals surface area contributed by atoms with Gasteiger partial charge in [-0.2, -0.15) is 17.5 Å². The molecule has 0 N–H and O–H groups in total. The van der Waals surface area contributed by atoms with Crippen LogP contribution in [0.5, 0.6) is 0 Å². The van der Waals surface area contributed by atoms with Crippen LogP contribution in [0.4, 0.5) is 18.9 Å². The van der Waals surface area contributed by atoms with Crippen LogP contribution in [0.2, 0.25) is 0 Å². The molecule has 38 heavy (non-hydrogen) atoms. The number of imidazole rings is 1. The Morgan fingerprint density at radius 2 is 1.71 bits per heavy atom. The van der Waals surface area contributed by atoms with E-state index in [-0.39, 0.29) is 24.0 Å². The minimum absolute atomic E-state index is 0.0987. The van der Waals surface area contributed by atoms with Gasteiger partial charge in [0.1, 0.15) is 0 Å². The van der Waals surface area contributed by atoms with E-state index in [9.17, 15) is 21.6 Å². The first-order valence-corrected chi connectivity index (χ1v) is 14.5. The van der Waals surface area contributed by atoms with E-state index < -0.39 is 21.8 Å². The van der Waals surface area contributed by atoms with Gasteiger partial charge in [-0.3, -0.25) is 0 Å². The molecule has 2 heterocycles. The summed E-state index contributed by atoms with van der Waals surface area (Å²) in [5.74, 6) is 0.645. The van der Waals surface area contributed by atoms with Gasteiger partial charge in [-0.05, 0) is 54.7 Å². The lowest BCUT2D eigenvalue weighted by Crippen LogP contribution is -2.43. The fraction of sp³-hybridized carbons (Fsp3) is 0.464. The minimum Gasteiger partial charge on any atom is -0.361 e. The number of sulfonamides is 1. The molecule has 2 aliphatic rings. The smallest absolute Gasteiger partial charge is 0.361 e. The van der Waals surface area contributed by atoms with Crippen LogP contribution in [0.25, 0.3) is 0 Å². The summed E-state index contributed by atoms with van der Waals surface area (Å²) in [6.07, 6.45) is 5.81. The zero-order valence-electron chi connectivity index (χ0n) is 21.4. The monoisotopic (exact) mass is 546 g/mol. The highest BCUT2D eigenvalue weighted by atomic mass is 32.2. The molecular formula is C28H33F3N4O2S. The number of rotatable bonds is 7. The van der Waals surface area contributed by atoms with Crippen LogP contribution in [0.1, 0.15) is 55.3 Å². The maximum atomic E-state index is 13.8. The second-order valence-corrected chi connectivity index (χ2v) is 12.4. The van der Waals surface area contributed by atoms with E-state index in [0.29, 0.717) is 12.5 Å². The number of hydrogen-bond acceptors (Lipinski definition) is 4. The molecule has 10 heteroatoms. The zero-order valence-corrected chi connectivity index (χ0v) is 22.3. The van der Waals surface area contributed by atoms with E-state index in [1.54, 1.807) is 6.33 Å². The Morgan fingerprint density at radius 1 is 1.00 bits per heavy atom. The molecule has 1 atom stereocenters. The van der Waals surface area contributed by atoms with Gasteiger partial charge in [0, 0.05) is 38.1 Å². The first-order valence-electron chi connectivity index (χ1n) is 13.1. The average molecular weight is 547 g/mol. The molecule has 0 amide bonds. The summed E-state index contributed by atoms with van der Waals surface area (Å²) < 4.78 is 70.4. The summed E-state index contributed by atoms with van der Waals surface area (Å²) in [5, 5.41) is 0. The summed E-state index contributed by atoms with van der Waals surface area (Å²) in [4.78, 5) is 6.44. The SMILES string of the molecule is Cn1cncc1CN1c2ccccc2CN(S(=O)(=O)c2ccc(C(F)(F)F)cc2)C[C@H]1CCC1CCCC1.